The summed E-state index contributed by atoms with van der Waals surface area (Å²) in [6.45, 7) is 2.91. The molecule has 8 nitrogen and oxygen atoms in total. The summed E-state index contributed by atoms with van der Waals surface area (Å²) in [5.41, 5.74) is 1.72. The third-order valence-corrected chi connectivity index (χ3v) is 5.29. The maximum atomic E-state index is 13.0. The third kappa shape index (κ3) is 8.27. The van der Waals surface area contributed by atoms with E-state index in [1.807, 2.05) is 13.0 Å². The number of anilines is 1. The minimum absolute atomic E-state index is 0.0202. The van der Waals surface area contributed by atoms with Gasteiger partial charge in [-0.25, -0.2) is 9.37 Å². The first-order chi connectivity index (χ1) is 15.9. The lowest BCUT2D eigenvalue weighted by atomic mass is 10.2. The minimum Gasteiger partial charge on any atom is -0.376 e. The Hall–Kier alpha value is -3.33. The van der Waals surface area contributed by atoms with Crippen LogP contribution in [0.3, 0.4) is 0 Å². The van der Waals surface area contributed by atoms with Crippen LogP contribution in [0.15, 0.2) is 42.6 Å². The van der Waals surface area contributed by atoms with Crippen LogP contribution in [0.1, 0.15) is 36.8 Å². The van der Waals surface area contributed by atoms with Crippen LogP contribution in [0.25, 0.3) is 0 Å². The summed E-state index contributed by atoms with van der Waals surface area (Å²) in [4.78, 5) is 43.1. The molecule has 2 heterocycles. The molecule has 0 radical (unpaired) electrons. The molecule has 3 amide bonds. The number of aryl methyl sites for hydroxylation is 1. The van der Waals surface area contributed by atoms with E-state index < -0.39 is 0 Å². The summed E-state index contributed by atoms with van der Waals surface area (Å²) in [7, 11) is 0. The van der Waals surface area contributed by atoms with Gasteiger partial charge in [0, 0.05) is 38.7 Å². The average Bonchev–Trinajstić information content (AvgIpc) is 3.30. The van der Waals surface area contributed by atoms with Crippen LogP contribution in [0.5, 0.6) is 0 Å². The molecule has 2 N–H and O–H groups in total. The molecule has 0 spiro atoms. The van der Waals surface area contributed by atoms with Gasteiger partial charge in [-0.1, -0.05) is 12.1 Å². The van der Waals surface area contributed by atoms with Gasteiger partial charge in [0.15, 0.2) is 0 Å². The van der Waals surface area contributed by atoms with Crippen LogP contribution in [-0.4, -0.2) is 53.4 Å². The number of aromatic nitrogens is 1. The standard InChI is InChI=1S/C24H29FN4O4/c1-17-10-11-26-21(13-17)28-22(30)8-9-24(32)29(15-20-3-2-12-33-20)16-23(31)27-14-18-4-6-19(25)7-5-18/h4-7,10-11,13,20H,2-3,8-9,12,14-16H2,1H3,(H,27,31)(H,26,28,30)/t20-/m0/s1. The van der Waals surface area contributed by atoms with Crippen LogP contribution < -0.4 is 10.6 Å². The molecule has 9 heteroatoms. The topological polar surface area (TPSA) is 101 Å². The smallest absolute Gasteiger partial charge is 0.239 e. The molecule has 1 fully saturated rings. The second-order valence-corrected chi connectivity index (χ2v) is 8.08. The fraction of sp³-hybridized carbons (Fsp3) is 0.417. The number of nitrogens with zero attached hydrogens (tertiary/aromatic N) is 2. The van der Waals surface area contributed by atoms with E-state index in [2.05, 4.69) is 15.6 Å². The van der Waals surface area contributed by atoms with E-state index in [4.69, 9.17) is 4.74 Å². The van der Waals surface area contributed by atoms with E-state index >= 15 is 0 Å². The summed E-state index contributed by atoms with van der Waals surface area (Å²) in [5.74, 6) is -0.863. The SMILES string of the molecule is Cc1ccnc(NC(=O)CCC(=O)N(CC(=O)NCc2ccc(F)cc2)C[C@@H]2CCCO2)c1. The van der Waals surface area contributed by atoms with Gasteiger partial charge in [0.05, 0.1) is 12.6 Å². The van der Waals surface area contributed by atoms with Crippen molar-refractivity contribution in [1.82, 2.24) is 15.2 Å². The zero-order chi connectivity index (χ0) is 23.6. The van der Waals surface area contributed by atoms with E-state index in [1.54, 1.807) is 24.4 Å². The number of ether oxygens (including phenoxy) is 1. The maximum absolute atomic E-state index is 13.0. The van der Waals surface area contributed by atoms with Crippen LogP contribution in [0.4, 0.5) is 10.2 Å². The molecule has 0 unspecified atom stereocenters. The largest absolute Gasteiger partial charge is 0.376 e. The Morgan fingerprint density at radius 3 is 2.64 bits per heavy atom. The minimum atomic E-state index is -0.347. The number of amides is 3. The van der Waals surface area contributed by atoms with Crippen molar-refractivity contribution in [3.05, 3.63) is 59.5 Å². The van der Waals surface area contributed by atoms with Crippen molar-refractivity contribution >= 4 is 23.5 Å². The fourth-order valence-electron chi connectivity index (χ4n) is 3.51. The number of hydrogen-bond donors (Lipinski definition) is 2. The lowest BCUT2D eigenvalue weighted by Crippen LogP contribution is -2.44. The third-order valence-electron chi connectivity index (χ3n) is 5.29. The maximum Gasteiger partial charge on any atom is 0.239 e. The highest BCUT2D eigenvalue weighted by Gasteiger charge is 2.24. The number of halogens is 1. The lowest BCUT2D eigenvalue weighted by molar-refractivity contribution is -0.138. The van der Waals surface area contributed by atoms with E-state index in [-0.39, 0.29) is 55.6 Å². The monoisotopic (exact) mass is 456 g/mol. The van der Waals surface area contributed by atoms with Gasteiger partial charge >= 0.3 is 0 Å². The predicted octanol–water partition coefficient (Wildman–Crippen LogP) is 2.57. The lowest BCUT2D eigenvalue weighted by Gasteiger charge is -2.25. The zero-order valence-corrected chi connectivity index (χ0v) is 18.7. The molecule has 33 heavy (non-hydrogen) atoms. The van der Waals surface area contributed by atoms with Gasteiger partial charge in [-0.3, -0.25) is 14.4 Å². The molecule has 2 aromatic rings. The van der Waals surface area contributed by atoms with Crippen molar-refractivity contribution in [2.75, 3.05) is 25.0 Å². The first kappa shape index (κ1) is 24.3. The molecule has 1 aromatic carbocycles. The zero-order valence-electron chi connectivity index (χ0n) is 18.7. The van der Waals surface area contributed by atoms with Gasteiger partial charge < -0.3 is 20.3 Å². The highest BCUT2D eigenvalue weighted by Crippen LogP contribution is 2.14. The molecule has 1 aromatic heterocycles. The van der Waals surface area contributed by atoms with Crippen molar-refractivity contribution in [2.45, 2.75) is 45.3 Å². The van der Waals surface area contributed by atoms with E-state index in [1.165, 1.54) is 17.0 Å². The van der Waals surface area contributed by atoms with Crippen molar-refractivity contribution in [3.63, 3.8) is 0 Å². The molecular formula is C24H29FN4O4. The van der Waals surface area contributed by atoms with Crippen molar-refractivity contribution in [1.29, 1.82) is 0 Å². The van der Waals surface area contributed by atoms with Gasteiger partial charge in [-0.05, 0) is 55.2 Å². The van der Waals surface area contributed by atoms with Crippen LogP contribution >= 0.6 is 0 Å². The quantitative estimate of drug-likeness (QED) is 0.572. The number of carbonyl (C=O) groups is 3. The molecule has 1 atom stereocenters. The Balaban J connectivity index is 1.51. The predicted molar refractivity (Wildman–Crippen MR) is 121 cm³/mol. The van der Waals surface area contributed by atoms with Gasteiger partial charge in [-0.15, -0.1) is 0 Å². The Morgan fingerprint density at radius 2 is 1.94 bits per heavy atom. The van der Waals surface area contributed by atoms with E-state index in [9.17, 15) is 18.8 Å². The molecule has 1 aliphatic rings. The second-order valence-electron chi connectivity index (χ2n) is 8.08. The van der Waals surface area contributed by atoms with Gasteiger partial charge in [0.1, 0.15) is 11.6 Å². The van der Waals surface area contributed by atoms with E-state index in [0.717, 1.165) is 24.0 Å². The molecular weight excluding hydrogens is 427 g/mol. The van der Waals surface area contributed by atoms with Crippen LogP contribution in [0, 0.1) is 12.7 Å². The summed E-state index contributed by atoms with van der Waals surface area (Å²) in [6, 6.07) is 9.40. The number of rotatable bonds is 10. The number of nitrogens with one attached hydrogen (secondary N) is 2. The van der Waals surface area contributed by atoms with Gasteiger partial charge in [0.2, 0.25) is 17.7 Å². The highest BCUT2D eigenvalue weighted by molar-refractivity contribution is 5.93. The van der Waals surface area contributed by atoms with Crippen molar-refractivity contribution < 1.29 is 23.5 Å². The van der Waals surface area contributed by atoms with E-state index in [0.29, 0.717) is 19.0 Å². The normalized spacial score (nSPS) is 15.2. The van der Waals surface area contributed by atoms with Crippen molar-refractivity contribution in [3.8, 4) is 0 Å². The molecule has 1 aliphatic heterocycles. The molecule has 3 rings (SSSR count). The summed E-state index contributed by atoms with van der Waals surface area (Å²) >= 11 is 0. The first-order valence-corrected chi connectivity index (χ1v) is 11.0. The summed E-state index contributed by atoms with van der Waals surface area (Å²) in [6.07, 6.45) is 3.16. The average molecular weight is 457 g/mol. The molecule has 1 saturated heterocycles. The highest BCUT2D eigenvalue weighted by atomic mass is 19.1. The second kappa shape index (κ2) is 12.1. The Morgan fingerprint density at radius 1 is 1.15 bits per heavy atom. The Labute approximate surface area is 192 Å². The van der Waals surface area contributed by atoms with Crippen LogP contribution in [0.2, 0.25) is 0 Å². The number of benzene rings is 1. The van der Waals surface area contributed by atoms with Gasteiger partial charge in [0.25, 0.3) is 0 Å². The Kier molecular flexibility index (Phi) is 8.88. The van der Waals surface area contributed by atoms with Crippen LogP contribution in [-0.2, 0) is 25.7 Å². The summed E-state index contributed by atoms with van der Waals surface area (Å²) < 4.78 is 18.7. The molecule has 0 saturated carbocycles. The molecule has 0 aliphatic carbocycles. The first-order valence-electron chi connectivity index (χ1n) is 11.0. The van der Waals surface area contributed by atoms with Gasteiger partial charge in [-0.2, -0.15) is 0 Å². The Bertz CT molecular complexity index is 961. The number of pyridine rings is 1. The number of hydrogen-bond acceptors (Lipinski definition) is 5. The number of carbonyl (C=O) groups excluding carboxylic acids is 3. The summed E-state index contributed by atoms with van der Waals surface area (Å²) in [5, 5.41) is 5.43. The van der Waals surface area contributed by atoms with Crippen molar-refractivity contribution in [2.24, 2.45) is 0 Å². The fourth-order valence-corrected chi connectivity index (χ4v) is 3.51. The molecule has 176 valence electrons. The molecule has 0 bridgehead atoms.